The predicted molar refractivity (Wildman–Crippen MR) is 210 cm³/mol. The Hall–Kier alpha value is -2.11. The summed E-state index contributed by atoms with van der Waals surface area (Å²) in [5, 5.41) is 0. The van der Waals surface area contributed by atoms with Crippen molar-refractivity contribution in [1.82, 2.24) is 0 Å². The Kier molecular flexibility index (Phi) is 38.0. The molecule has 50 heavy (non-hydrogen) atoms. The zero-order valence-electron chi connectivity index (χ0n) is 33.2. The molecule has 0 aliphatic carbocycles. The summed E-state index contributed by atoms with van der Waals surface area (Å²) in [6, 6.07) is 0. The molecule has 6 nitrogen and oxygen atoms in total. The van der Waals surface area contributed by atoms with Crippen molar-refractivity contribution in [1.29, 1.82) is 0 Å². The van der Waals surface area contributed by atoms with E-state index in [1.54, 1.807) is 0 Å². The molecule has 0 aromatic carbocycles. The third-order valence-corrected chi connectivity index (χ3v) is 9.18. The van der Waals surface area contributed by atoms with Gasteiger partial charge in [0.2, 0.25) is 0 Å². The third kappa shape index (κ3) is 37.2. The number of unbranched alkanes of at least 4 members (excludes halogenated alkanes) is 23. The van der Waals surface area contributed by atoms with Gasteiger partial charge in [0.15, 0.2) is 6.10 Å². The minimum atomic E-state index is -0.770. The average molecular weight is 705 g/mol. The van der Waals surface area contributed by atoms with Crippen LogP contribution in [0.1, 0.15) is 220 Å². The van der Waals surface area contributed by atoms with Gasteiger partial charge in [-0.25, -0.2) is 0 Å². The van der Waals surface area contributed by atoms with Crippen LogP contribution >= 0.6 is 0 Å². The molecule has 292 valence electrons. The van der Waals surface area contributed by atoms with Gasteiger partial charge in [-0.3, -0.25) is 14.4 Å². The SMILES string of the molecule is CCCCC/C=C\CCCCCCCC(=O)OC(COC(=O)CCCCCCC/C=C\CCCCCC)COC(=O)CCCCCCCCC. The first-order valence-electron chi connectivity index (χ1n) is 21.3. The fourth-order valence-electron chi connectivity index (χ4n) is 5.90. The number of hydrogen-bond donors (Lipinski definition) is 0. The molecule has 0 N–H and O–H groups in total. The topological polar surface area (TPSA) is 78.9 Å². The summed E-state index contributed by atoms with van der Waals surface area (Å²) in [6.45, 7) is 6.53. The second-order valence-corrected chi connectivity index (χ2v) is 14.3. The lowest BCUT2D eigenvalue weighted by atomic mass is 10.1. The Morgan fingerprint density at radius 2 is 0.660 bits per heavy atom. The minimum Gasteiger partial charge on any atom is -0.462 e. The summed E-state index contributed by atoms with van der Waals surface area (Å²) >= 11 is 0. The molecule has 0 heterocycles. The van der Waals surface area contributed by atoms with Gasteiger partial charge >= 0.3 is 17.9 Å². The zero-order chi connectivity index (χ0) is 36.6. The quantitative estimate of drug-likeness (QED) is 0.0275. The van der Waals surface area contributed by atoms with E-state index in [1.165, 1.54) is 103 Å². The number of ether oxygens (including phenoxy) is 3. The van der Waals surface area contributed by atoms with Crippen molar-refractivity contribution < 1.29 is 28.6 Å². The van der Waals surface area contributed by atoms with Gasteiger partial charge in [-0.2, -0.15) is 0 Å². The van der Waals surface area contributed by atoms with Crippen LogP contribution in [0.25, 0.3) is 0 Å². The number of rotatable bonds is 38. The van der Waals surface area contributed by atoms with E-state index in [2.05, 4.69) is 45.1 Å². The molecule has 1 atom stereocenters. The second-order valence-electron chi connectivity index (χ2n) is 14.3. The van der Waals surface area contributed by atoms with Crippen LogP contribution in [-0.4, -0.2) is 37.2 Å². The summed E-state index contributed by atoms with van der Waals surface area (Å²) in [6.07, 6.45) is 41.6. The molecular weight excluding hydrogens is 624 g/mol. The Morgan fingerprint density at radius 1 is 0.380 bits per heavy atom. The van der Waals surface area contributed by atoms with E-state index in [-0.39, 0.29) is 31.1 Å². The van der Waals surface area contributed by atoms with Gasteiger partial charge in [-0.05, 0) is 70.6 Å². The van der Waals surface area contributed by atoms with Gasteiger partial charge in [-0.15, -0.1) is 0 Å². The Bertz CT molecular complexity index is 819. The maximum atomic E-state index is 12.6. The smallest absolute Gasteiger partial charge is 0.306 e. The highest BCUT2D eigenvalue weighted by Gasteiger charge is 2.19. The number of hydrogen-bond acceptors (Lipinski definition) is 6. The van der Waals surface area contributed by atoms with Crippen molar-refractivity contribution in [3.05, 3.63) is 24.3 Å². The normalized spacial score (nSPS) is 12.1. The molecule has 0 saturated carbocycles. The Balaban J connectivity index is 4.34. The van der Waals surface area contributed by atoms with E-state index in [0.29, 0.717) is 19.3 Å². The van der Waals surface area contributed by atoms with Crippen LogP contribution in [0.3, 0.4) is 0 Å². The third-order valence-electron chi connectivity index (χ3n) is 9.18. The fraction of sp³-hybridized carbons (Fsp3) is 0.841. The fourth-order valence-corrected chi connectivity index (χ4v) is 5.90. The molecule has 0 fully saturated rings. The van der Waals surface area contributed by atoms with Crippen molar-refractivity contribution in [2.24, 2.45) is 0 Å². The molecule has 0 bridgehead atoms. The highest BCUT2D eigenvalue weighted by Crippen LogP contribution is 2.13. The van der Waals surface area contributed by atoms with Gasteiger partial charge in [0.05, 0.1) is 0 Å². The van der Waals surface area contributed by atoms with Crippen LogP contribution in [0.2, 0.25) is 0 Å². The van der Waals surface area contributed by atoms with E-state index in [1.807, 2.05) is 0 Å². The van der Waals surface area contributed by atoms with Gasteiger partial charge < -0.3 is 14.2 Å². The molecule has 0 spiro atoms. The van der Waals surface area contributed by atoms with E-state index in [0.717, 1.165) is 77.0 Å². The average Bonchev–Trinajstić information content (AvgIpc) is 3.11. The Morgan fingerprint density at radius 3 is 1.06 bits per heavy atom. The molecule has 0 rings (SSSR count). The van der Waals surface area contributed by atoms with E-state index in [4.69, 9.17) is 14.2 Å². The summed E-state index contributed by atoms with van der Waals surface area (Å²) in [7, 11) is 0. The van der Waals surface area contributed by atoms with E-state index < -0.39 is 6.10 Å². The van der Waals surface area contributed by atoms with Crippen LogP contribution in [0.4, 0.5) is 0 Å². The molecule has 0 saturated heterocycles. The summed E-state index contributed by atoms with van der Waals surface area (Å²) in [4.78, 5) is 37.5. The van der Waals surface area contributed by atoms with Crippen LogP contribution < -0.4 is 0 Å². The maximum Gasteiger partial charge on any atom is 0.306 e. The van der Waals surface area contributed by atoms with Crippen LogP contribution in [-0.2, 0) is 28.6 Å². The molecule has 0 amide bonds. The molecule has 6 heteroatoms. The van der Waals surface area contributed by atoms with Crippen molar-refractivity contribution in [2.45, 2.75) is 226 Å². The van der Waals surface area contributed by atoms with Gasteiger partial charge in [0, 0.05) is 19.3 Å². The number of allylic oxidation sites excluding steroid dienone is 4. The maximum absolute atomic E-state index is 12.6. The van der Waals surface area contributed by atoms with Crippen LogP contribution in [0.15, 0.2) is 24.3 Å². The van der Waals surface area contributed by atoms with E-state index in [9.17, 15) is 14.4 Å². The Labute approximate surface area is 309 Å². The standard InChI is InChI=1S/C44H80O6/c1-4-7-10-13-16-18-20-22-24-25-28-31-34-37-43(46)49-40-41(39-48-42(45)36-33-30-27-15-12-9-6-3)50-44(47)38-35-32-29-26-23-21-19-17-14-11-8-5-2/h17-20,41H,4-16,21-40H2,1-3H3/b19-17-,20-18-. The van der Waals surface area contributed by atoms with Gasteiger partial charge in [-0.1, -0.05) is 154 Å². The molecule has 0 aromatic rings. The zero-order valence-corrected chi connectivity index (χ0v) is 33.2. The highest BCUT2D eigenvalue weighted by atomic mass is 16.6. The molecule has 0 aliphatic rings. The summed E-state index contributed by atoms with van der Waals surface area (Å²) in [5.74, 6) is -0.901. The summed E-state index contributed by atoms with van der Waals surface area (Å²) < 4.78 is 16.6. The van der Waals surface area contributed by atoms with Crippen molar-refractivity contribution in [3.63, 3.8) is 0 Å². The monoisotopic (exact) mass is 705 g/mol. The highest BCUT2D eigenvalue weighted by molar-refractivity contribution is 5.71. The van der Waals surface area contributed by atoms with Crippen LogP contribution in [0.5, 0.6) is 0 Å². The number of carbonyl (C=O) groups excluding carboxylic acids is 3. The molecule has 1 unspecified atom stereocenters. The first kappa shape index (κ1) is 47.9. The van der Waals surface area contributed by atoms with Gasteiger partial charge in [0.25, 0.3) is 0 Å². The predicted octanol–water partition coefficient (Wildman–Crippen LogP) is 13.2. The van der Waals surface area contributed by atoms with E-state index >= 15 is 0 Å². The molecule has 0 aromatic heterocycles. The number of carbonyl (C=O) groups is 3. The first-order chi connectivity index (χ1) is 24.5. The number of esters is 3. The summed E-state index contributed by atoms with van der Waals surface area (Å²) in [5.41, 5.74) is 0. The molecule has 0 radical (unpaired) electrons. The van der Waals surface area contributed by atoms with Crippen molar-refractivity contribution in [2.75, 3.05) is 13.2 Å². The first-order valence-corrected chi connectivity index (χ1v) is 21.3. The lowest BCUT2D eigenvalue weighted by molar-refractivity contribution is -0.167. The van der Waals surface area contributed by atoms with Gasteiger partial charge in [0.1, 0.15) is 13.2 Å². The molecular formula is C44H80O6. The largest absolute Gasteiger partial charge is 0.462 e. The molecule has 0 aliphatic heterocycles. The lowest BCUT2D eigenvalue weighted by Crippen LogP contribution is -2.30. The van der Waals surface area contributed by atoms with Crippen molar-refractivity contribution in [3.8, 4) is 0 Å². The van der Waals surface area contributed by atoms with Crippen LogP contribution in [0, 0.1) is 0 Å². The lowest BCUT2D eigenvalue weighted by Gasteiger charge is -2.18. The minimum absolute atomic E-state index is 0.0759. The van der Waals surface area contributed by atoms with Crippen molar-refractivity contribution >= 4 is 17.9 Å². The second kappa shape index (κ2) is 39.7.